The van der Waals surface area contributed by atoms with Gasteiger partial charge in [-0.1, -0.05) is 0 Å². The van der Waals surface area contributed by atoms with Gasteiger partial charge in [0.25, 0.3) is 5.56 Å². The number of nitrogen functional groups attached to an aromatic ring is 1. The molecule has 0 aromatic carbocycles. The Hall–Kier alpha value is -1.78. The first kappa shape index (κ1) is 9.31. The molecule has 13 heavy (non-hydrogen) atoms. The summed E-state index contributed by atoms with van der Waals surface area (Å²) >= 11 is 0. The topological polar surface area (TPSA) is 88.2 Å². The van der Waals surface area contributed by atoms with E-state index in [1.54, 1.807) is 6.92 Å². The van der Waals surface area contributed by atoms with Crippen molar-refractivity contribution in [2.24, 2.45) is 0 Å². The van der Waals surface area contributed by atoms with Crippen LogP contribution in [0.3, 0.4) is 0 Å². The van der Waals surface area contributed by atoms with Gasteiger partial charge in [-0.3, -0.25) is 4.79 Å². The zero-order valence-corrected chi connectivity index (χ0v) is 7.33. The molecule has 0 aliphatic rings. The van der Waals surface area contributed by atoms with E-state index in [1.165, 1.54) is 13.0 Å². The molecule has 0 aliphatic heterocycles. The SMILES string of the molecule is Cc1cc(C)n(N)c(=O)c1C(=O)[O-]. The summed E-state index contributed by atoms with van der Waals surface area (Å²) in [5.41, 5.74) is -0.248. The molecule has 5 heteroatoms. The maximum absolute atomic E-state index is 11.3. The fourth-order valence-corrected chi connectivity index (χ4v) is 1.15. The Balaban J connectivity index is 3.63. The van der Waals surface area contributed by atoms with Crippen LogP contribution >= 0.6 is 0 Å². The zero-order chi connectivity index (χ0) is 10.2. The number of aromatic nitrogens is 1. The van der Waals surface area contributed by atoms with Gasteiger partial charge < -0.3 is 15.7 Å². The van der Waals surface area contributed by atoms with Gasteiger partial charge in [0, 0.05) is 5.69 Å². The number of carbonyl (C=O) groups excluding carboxylic acids is 1. The Morgan fingerprint density at radius 2 is 2.08 bits per heavy atom. The molecular formula is C8H9N2O3-. The normalized spacial score (nSPS) is 10.0. The van der Waals surface area contributed by atoms with E-state index in [4.69, 9.17) is 5.84 Å². The summed E-state index contributed by atoms with van der Waals surface area (Å²) in [6.45, 7) is 3.15. The Kier molecular flexibility index (Phi) is 2.10. The van der Waals surface area contributed by atoms with E-state index in [2.05, 4.69) is 0 Å². The van der Waals surface area contributed by atoms with Crippen LogP contribution in [0.2, 0.25) is 0 Å². The first-order chi connectivity index (χ1) is 5.95. The van der Waals surface area contributed by atoms with Crippen molar-refractivity contribution >= 4 is 5.97 Å². The standard InChI is InChI=1S/C8H10N2O3/c1-4-3-5(2)10(9)7(11)6(4)8(12)13/h3H,9H2,1-2H3,(H,12,13)/p-1. The monoisotopic (exact) mass is 181 g/mol. The van der Waals surface area contributed by atoms with E-state index < -0.39 is 11.5 Å². The number of carbonyl (C=O) groups is 1. The number of hydrogen-bond donors (Lipinski definition) is 1. The molecule has 0 spiro atoms. The van der Waals surface area contributed by atoms with Gasteiger partial charge in [0.1, 0.15) is 0 Å². The van der Waals surface area contributed by atoms with E-state index in [0.717, 1.165) is 4.68 Å². The number of carboxylic acid groups (broad SMARTS) is 1. The molecule has 0 fully saturated rings. The molecule has 2 N–H and O–H groups in total. The first-order valence-corrected chi connectivity index (χ1v) is 3.65. The predicted molar refractivity (Wildman–Crippen MR) is 44.7 cm³/mol. The molecule has 5 nitrogen and oxygen atoms in total. The maximum atomic E-state index is 11.3. The second-order valence-electron chi connectivity index (χ2n) is 2.81. The lowest BCUT2D eigenvalue weighted by Gasteiger charge is -2.10. The number of rotatable bonds is 1. The van der Waals surface area contributed by atoms with Gasteiger partial charge in [-0.25, -0.2) is 4.68 Å². The van der Waals surface area contributed by atoms with Gasteiger partial charge >= 0.3 is 0 Å². The highest BCUT2D eigenvalue weighted by molar-refractivity contribution is 5.87. The molecule has 1 aromatic heterocycles. The van der Waals surface area contributed by atoms with Crippen molar-refractivity contribution in [3.8, 4) is 0 Å². The summed E-state index contributed by atoms with van der Waals surface area (Å²) < 4.78 is 0.790. The second-order valence-corrected chi connectivity index (χ2v) is 2.81. The predicted octanol–water partition coefficient (Wildman–Crippen LogP) is -1.46. The molecule has 0 radical (unpaired) electrons. The van der Waals surface area contributed by atoms with Crippen molar-refractivity contribution < 1.29 is 9.90 Å². The quantitative estimate of drug-likeness (QED) is 0.536. The van der Waals surface area contributed by atoms with E-state index in [0.29, 0.717) is 11.3 Å². The van der Waals surface area contributed by atoms with Crippen molar-refractivity contribution in [2.75, 3.05) is 5.84 Å². The van der Waals surface area contributed by atoms with Gasteiger partial charge in [-0.15, -0.1) is 0 Å². The number of aromatic carboxylic acids is 1. The molecule has 1 rings (SSSR count). The summed E-state index contributed by atoms with van der Waals surface area (Å²) in [6, 6.07) is 1.52. The molecule has 1 heterocycles. The minimum atomic E-state index is -1.50. The number of nitrogens with zero attached hydrogens (tertiary/aromatic N) is 1. The molecule has 0 bridgehead atoms. The third kappa shape index (κ3) is 1.40. The van der Waals surface area contributed by atoms with Crippen LogP contribution in [0, 0.1) is 13.8 Å². The third-order valence-electron chi connectivity index (χ3n) is 1.84. The van der Waals surface area contributed by atoms with Crippen LogP contribution in [-0.4, -0.2) is 10.6 Å². The highest BCUT2D eigenvalue weighted by Gasteiger charge is 2.08. The van der Waals surface area contributed by atoms with Gasteiger partial charge in [0.05, 0.1) is 11.5 Å². The molecular weight excluding hydrogens is 172 g/mol. The lowest BCUT2D eigenvalue weighted by molar-refractivity contribution is -0.255. The second kappa shape index (κ2) is 2.93. The van der Waals surface area contributed by atoms with Crippen LogP contribution in [-0.2, 0) is 0 Å². The number of carboxylic acids is 1. The lowest BCUT2D eigenvalue weighted by atomic mass is 10.1. The highest BCUT2D eigenvalue weighted by atomic mass is 16.4. The summed E-state index contributed by atoms with van der Waals surface area (Å²) in [5.74, 6) is 3.80. The van der Waals surface area contributed by atoms with Crippen LogP contribution in [0.15, 0.2) is 10.9 Å². The van der Waals surface area contributed by atoms with Crippen LogP contribution in [0.5, 0.6) is 0 Å². The third-order valence-corrected chi connectivity index (χ3v) is 1.84. The highest BCUT2D eigenvalue weighted by Crippen LogP contribution is 2.02. The number of hydrogen-bond acceptors (Lipinski definition) is 4. The van der Waals surface area contributed by atoms with E-state index >= 15 is 0 Å². The molecule has 0 saturated carbocycles. The molecule has 0 unspecified atom stereocenters. The van der Waals surface area contributed by atoms with Crippen LogP contribution in [0.4, 0.5) is 0 Å². The van der Waals surface area contributed by atoms with Gasteiger partial charge in [-0.2, -0.15) is 0 Å². The fraction of sp³-hybridized carbons (Fsp3) is 0.250. The maximum Gasteiger partial charge on any atom is 0.278 e. The van der Waals surface area contributed by atoms with Gasteiger partial charge in [0.15, 0.2) is 0 Å². The molecule has 0 atom stereocenters. The Bertz CT molecular complexity index is 420. The average molecular weight is 181 g/mol. The van der Waals surface area contributed by atoms with Crippen LogP contribution < -0.4 is 16.5 Å². The summed E-state index contributed by atoms with van der Waals surface area (Å²) in [7, 11) is 0. The summed E-state index contributed by atoms with van der Waals surface area (Å²) in [4.78, 5) is 21.8. The first-order valence-electron chi connectivity index (χ1n) is 3.65. The number of pyridine rings is 1. The Morgan fingerprint density at radius 3 is 2.54 bits per heavy atom. The number of nitrogens with two attached hydrogens (primary N) is 1. The van der Waals surface area contributed by atoms with Crippen molar-refractivity contribution in [1.82, 2.24) is 4.68 Å². The Labute approximate surface area is 74.4 Å². The molecule has 0 amide bonds. The zero-order valence-electron chi connectivity index (χ0n) is 7.33. The van der Waals surface area contributed by atoms with Crippen LogP contribution in [0.25, 0.3) is 0 Å². The minimum Gasteiger partial charge on any atom is -0.545 e. The minimum absolute atomic E-state index is 0.365. The van der Waals surface area contributed by atoms with Crippen molar-refractivity contribution in [3.05, 3.63) is 33.2 Å². The molecule has 70 valence electrons. The Morgan fingerprint density at radius 1 is 1.54 bits per heavy atom. The molecule has 1 aromatic rings. The largest absolute Gasteiger partial charge is 0.545 e. The van der Waals surface area contributed by atoms with E-state index in [-0.39, 0.29) is 5.56 Å². The van der Waals surface area contributed by atoms with Crippen molar-refractivity contribution in [3.63, 3.8) is 0 Å². The van der Waals surface area contributed by atoms with Gasteiger partial charge in [-0.05, 0) is 25.5 Å². The van der Waals surface area contributed by atoms with E-state index in [1.807, 2.05) is 0 Å². The molecule has 0 aliphatic carbocycles. The van der Waals surface area contributed by atoms with Gasteiger partial charge in [0.2, 0.25) is 0 Å². The molecule has 0 saturated heterocycles. The van der Waals surface area contributed by atoms with Crippen molar-refractivity contribution in [1.29, 1.82) is 0 Å². The average Bonchev–Trinajstić information content (AvgIpc) is 1.99. The van der Waals surface area contributed by atoms with Crippen LogP contribution in [0.1, 0.15) is 21.6 Å². The summed E-state index contributed by atoms with van der Waals surface area (Å²) in [6.07, 6.45) is 0. The van der Waals surface area contributed by atoms with Crippen molar-refractivity contribution in [2.45, 2.75) is 13.8 Å². The number of aryl methyl sites for hydroxylation is 2. The summed E-state index contributed by atoms with van der Waals surface area (Å²) in [5, 5.41) is 10.5. The lowest BCUT2D eigenvalue weighted by Crippen LogP contribution is -2.38. The smallest absolute Gasteiger partial charge is 0.278 e. The van der Waals surface area contributed by atoms with E-state index in [9.17, 15) is 14.7 Å². The fourth-order valence-electron chi connectivity index (χ4n) is 1.15.